The van der Waals surface area contributed by atoms with E-state index in [9.17, 15) is 13.2 Å². The van der Waals surface area contributed by atoms with Crippen LogP contribution < -0.4 is 9.46 Å². The maximum atomic E-state index is 12.5. The molecule has 1 aromatic carbocycles. The Hall–Kier alpha value is -1.60. The summed E-state index contributed by atoms with van der Waals surface area (Å²) < 4.78 is 32.7. The third-order valence-electron chi connectivity index (χ3n) is 4.74. The Balaban J connectivity index is 1.98. The summed E-state index contributed by atoms with van der Waals surface area (Å²) in [5, 5.41) is 0. The summed E-state index contributed by atoms with van der Waals surface area (Å²) >= 11 is 0. The Morgan fingerprint density at radius 2 is 1.96 bits per heavy atom. The van der Waals surface area contributed by atoms with Gasteiger partial charge in [-0.05, 0) is 43.5 Å². The molecular formula is C18H28N2O4S. The summed E-state index contributed by atoms with van der Waals surface area (Å²) in [5.41, 5.74) is 0.762. The van der Waals surface area contributed by atoms with Crippen molar-refractivity contribution in [3.63, 3.8) is 0 Å². The van der Waals surface area contributed by atoms with Crippen LogP contribution in [0.25, 0.3) is 0 Å². The molecule has 7 heteroatoms. The number of hydrogen-bond acceptors (Lipinski definition) is 4. The van der Waals surface area contributed by atoms with E-state index >= 15 is 0 Å². The largest absolute Gasteiger partial charge is 0.496 e. The number of methoxy groups -OCH3 is 1. The Labute approximate surface area is 150 Å². The van der Waals surface area contributed by atoms with Gasteiger partial charge < -0.3 is 9.64 Å². The van der Waals surface area contributed by atoms with Crippen molar-refractivity contribution in [3.8, 4) is 5.75 Å². The van der Waals surface area contributed by atoms with Crippen LogP contribution >= 0.6 is 0 Å². The van der Waals surface area contributed by atoms with E-state index in [0.29, 0.717) is 12.3 Å². The second-order valence-electron chi connectivity index (χ2n) is 6.53. The normalized spacial score (nSPS) is 15.8. The molecule has 0 saturated heterocycles. The van der Waals surface area contributed by atoms with Gasteiger partial charge in [-0.3, -0.25) is 4.79 Å². The number of nitrogens with one attached hydrogen (secondary N) is 1. The monoisotopic (exact) mass is 368 g/mol. The minimum atomic E-state index is -3.60. The third kappa shape index (κ3) is 5.19. The van der Waals surface area contributed by atoms with Gasteiger partial charge in [0.2, 0.25) is 15.9 Å². The first kappa shape index (κ1) is 19.7. The zero-order valence-electron chi connectivity index (χ0n) is 15.2. The van der Waals surface area contributed by atoms with Gasteiger partial charge in [0.15, 0.2) is 0 Å². The van der Waals surface area contributed by atoms with Gasteiger partial charge in [0.25, 0.3) is 0 Å². The molecule has 1 aliphatic carbocycles. The van der Waals surface area contributed by atoms with Crippen LogP contribution in [0.4, 0.5) is 0 Å². The molecule has 0 heterocycles. The van der Waals surface area contributed by atoms with Gasteiger partial charge in [-0.2, -0.15) is 0 Å². The maximum absolute atomic E-state index is 12.5. The van der Waals surface area contributed by atoms with Crippen molar-refractivity contribution >= 4 is 15.9 Å². The van der Waals surface area contributed by atoms with Gasteiger partial charge in [-0.25, -0.2) is 13.1 Å². The average Bonchev–Trinajstić information content (AvgIpc) is 2.59. The molecule has 0 radical (unpaired) electrons. The van der Waals surface area contributed by atoms with Crippen LogP contribution in [0.5, 0.6) is 5.75 Å². The summed E-state index contributed by atoms with van der Waals surface area (Å²) in [5.74, 6) is 0.658. The van der Waals surface area contributed by atoms with E-state index in [1.54, 1.807) is 38.0 Å². The topological polar surface area (TPSA) is 75.7 Å². The van der Waals surface area contributed by atoms with Crippen molar-refractivity contribution in [2.45, 2.75) is 56.9 Å². The first-order valence-electron chi connectivity index (χ1n) is 8.76. The number of benzene rings is 1. The van der Waals surface area contributed by atoms with Crippen LogP contribution in [0.15, 0.2) is 23.1 Å². The van der Waals surface area contributed by atoms with E-state index in [1.807, 2.05) is 0 Å². The Morgan fingerprint density at radius 1 is 1.28 bits per heavy atom. The van der Waals surface area contributed by atoms with Crippen molar-refractivity contribution in [1.29, 1.82) is 0 Å². The SMILES string of the molecule is COc1ccc(S(=O)(=O)NCCN(C(C)=O)C2CCCCC2)cc1C. The first-order chi connectivity index (χ1) is 11.8. The number of rotatable bonds is 7. The molecule has 1 saturated carbocycles. The maximum Gasteiger partial charge on any atom is 0.240 e. The Kier molecular flexibility index (Phi) is 6.84. The highest BCUT2D eigenvalue weighted by molar-refractivity contribution is 7.89. The van der Waals surface area contributed by atoms with Gasteiger partial charge >= 0.3 is 0 Å². The first-order valence-corrected chi connectivity index (χ1v) is 10.2. The number of carbonyl (C=O) groups is 1. The molecule has 1 N–H and O–H groups in total. The fourth-order valence-electron chi connectivity index (χ4n) is 3.39. The van der Waals surface area contributed by atoms with Gasteiger partial charge in [-0.15, -0.1) is 0 Å². The summed E-state index contributed by atoms with van der Waals surface area (Å²) in [6, 6.07) is 5.00. The molecule has 0 aromatic heterocycles. The number of aryl methyl sites for hydroxylation is 1. The van der Waals surface area contributed by atoms with Crippen molar-refractivity contribution in [1.82, 2.24) is 9.62 Å². The number of ether oxygens (including phenoxy) is 1. The lowest BCUT2D eigenvalue weighted by Gasteiger charge is -2.33. The number of sulfonamides is 1. The summed E-state index contributed by atoms with van der Waals surface area (Å²) in [7, 11) is -2.05. The lowest BCUT2D eigenvalue weighted by atomic mass is 9.94. The molecule has 0 unspecified atom stereocenters. The number of hydrogen-bond donors (Lipinski definition) is 1. The van der Waals surface area contributed by atoms with Crippen molar-refractivity contribution in [2.24, 2.45) is 0 Å². The fourth-order valence-corrected chi connectivity index (χ4v) is 4.50. The van der Waals surface area contributed by atoms with Crippen molar-refractivity contribution in [3.05, 3.63) is 23.8 Å². The van der Waals surface area contributed by atoms with E-state index in [4.69, 9.17) is 4.74 Å². The molecule has 0 aliphatic heterocycles. The van der Waals surface area contributed by atoms with Crippen LogP contribution in [0.3, 0.4) is 0 Å². The molecular weight excluding hydrogens is 340 g/mol. The highest BCUT2D eigenvalue weighted by atomic mass is 32.2. The summed E-state index contributed by atoms with van der Waals surface area (Å²) in [4.78, 5) is 13.9. The Morgan fingerprint density at radius 3 is 2.52 bits per heavy atom. The quantitative estimate of drug-likeness (QED) is 0.802. The highest BCUT2D eigenvalue weighted by Crippen LogP contribution is 2.23. The van der Waals surface area contributed by atoms with E-state index < -0.39 is 10.0 Å². The van der Waals surface area contributed by atoms with Crippen LogP contribution in [0, 0.1) is 6.92 Å². The number of carbonyl (C=O) groups excluding carboxylic acids is 1. The molecule has 25 heavy (non-hydrogen) atoms. The molecule has 0 spiro atoms. The predicted molar refractivity (Wildman–Crippen MR) is 97.2 cm³/mol. The minimum absolute atomic E-state index is 0.00592. The molecule has 6 nitrogen and oxygen atoms in total. The minimum Gasteiger partial charge on any atom is -0.496 e. The second kappa shape index (κ2) is 8.67. The van der Waals surface area contributed by atoms with E-state index in [1.165, 1.54) is 12.5 Å². The molecule has 0 bridgehead atoms. The number of nitrogens with zero attached hydrogens (tertiary/aromatic N) is 1. The molecule has 2 rings (SSSR count). The summed E-state index contributed by atoms with van der Waals surface area (Å²) in [6.07, 6.45) is 5.48. The average molecular weight is 368 g/mol. The number of amides is 1. The lowest BCUT2D eigenvalue weighted by Crippen LogP contribution is -2.44. The van der Waals surface area contributed by atoms with Gasteiger partial charge in [0, 0.05) is 26.1 Å². The lowest BCUT2D eigenvalue weighted by molar-refractivity contribution is -0.131. The third-order valence-corrected chi connectivity index (χ3v) is 6.20. The fraction of sp³-hybridized carbons (Fsp3) is 0.611. The van der Waals surface area contributed by atoms with Gasteiger partial charge in [0.05, 0.1) is 12.0 Å². The predicted octanol–water partition coefficient (Wildman–Crippen LogP) is 2.46. The molecule has 1 fully saturated rings. The molecule has 1 aromatic rings. The molecule has 1 amide bonds. The van der Waals surface area contributed by atoms with Crippen molar-refractivity contribution in [2.75, 3.05) is 20.2 Å². The molecule has 0 atom stereocenters. The zero-order valence-corrected chi connectivity index (χ0v) is 16.1. The molecule has 1 aliphatic rings. The van der Waals surface area contributed by atoms with Crippen LogP contribution in [0.2, 0.25) is 0 Å². The Bertz CT molecular complexity index is 697. The van der Waals surface area contributed by atoms with Gasteiger partial charge in [-0.1, -0.05) is 19.3 Å². The van der Waals surface area contributed by atoms with E-state index in [-0.39, 0.29) is 23.4 Å². The second-order valence-corrected chi connectivity index (χ2v) is 8.30. The molecule has 140 valence electrons. The van der Waals surface area contributed by atoms with Gasteiger partial charge in [0.1, 0.15) is 5.75 Å². The van der Waals surface area contributed by atoms with Crippen LogP contribution in [-0.2, 0) is 14.8 Å². The van der Waals surface area contributed by atoms with E-state index in [2.05, 4.69) is 4.72 Å². The van der Waals surface area contributed by atoms with Crippen molar-refractivity contribution < 1.29 is 17.9 Å². The van der Waals surface area contributed by atoms with Crippen LogP contribution in [0.1, 0.15) is 44.6 Å². The zero-order chi connectivity index (χ0) is 18.4. The summed E-state index contributed by atoms with van der Waals surface area (Å²) in [6.45, 7) is 3.96. The van der Waals surface area contributed by atoms with E-state index in [0.717, 1.165) is 31.2 Å². The smallest absolute Gasteiger partial charge is 0.240 e. The standard InChI is InChI=1S/C18H28N2O4S/c1-14-13-17(9-10-18(14)24-3)25(22,23)19-11-12-20(15(2)21)16-7-5-4-6-8-16/h9-10,13,16,19H,4-8,11-12H2,1-3H3. The highest BCUT2D eigenvalue weighted by Gasteiger charge is 2.23. The van der Waals surface area contributed by atoms with Crippen LogP contribution in [-0.4, -0.2) is 45.5 Å².